The summed E-state index contributed by atoms with van der Waals surface area (Å²) in [5.41, 5.74) is 7.51. The highest BCUT2D eigenvalue weighted by Crippen LogP contribution is 2.64. The quantitative estimate of drug-likeness (QED) is 0.231. The van der Waals surface area contributed by atoms with E-state index < -0.39 is 0 Å². The lowest BCUT2D eigenvalue weighted by molar-refractivity contribution is 0.120. The Morgan fingerprint density at radius 1 is 0.868 bits per heavy atom. The molecule has 2 aliphatic rings. The van der Waals surface area contributed by atoms with Crippen molar-refractivity contribution in [1.82, 2.24) is 4.98 Å². The van der Waals surface area contributed by atoms with E-state index in [-0.39, 0.29) is 17.0 Å². The first kappa shape index (κ1) is 23.1. The predicted molar refractivity (Wildman–Crippen MR) is 158 cm³/mol. The molecule has 4 heteroatoms. The summed E-state index contributed by atoms with van der Waals surface area (Å²) in [7, 11) is 0. The lowest BCUT2D eigenvalue weighted by Gasteiger charge is -2.59. The Morgan fingerprint density at radius 2 is 1.63 bits per heavy atom. The second-order valence-electron chi connectivity index (χ2n) is 11.0. The highest BCUT2D eigenvalue weighted by molar-refractivity contribution is 6.07. The molecule has 0 aliphatic carbocycles. The van der Waals surface area contributed by atoms with Crippen molar-refractivity contribution in [2.75, 3.05) is 9.80 Å². The van der Waals surface area contributed by atoms with Crippen molar-refractivity contribution in [3.05, 3.63) is 103 Å². The number of benzene rings is 3. The molecular weight excluding hydrogens is 466 g/mol. The molecule has 2 aromatic heterocycles. The first-order chi connectivity index (χ1) is 18.5. The molecule has 38 heavy (non-hydrogen) atoms. The van der Waals surface area contributed by atoms with Crippen LogP contribution in [0.5, 0.6) is 0 Å². The number of fused-ring (bicyclic) bond motifs is 8. The molecule has 0 spiro atoms. The van der Waals surface area contributed by atoms with Crippen LogP contribution in [0.2, 0.25) is 0 Å². The first-order valence-corrected chi connectivity index (χ1v) is 13.7. The van der Waals surface area contributed by atoms with Crippen LogP contribution in [-0.2, 0) is 5.41 Å². The lowest BCUT2D eigenvalue weighted by Crippen LogP contribution is -2.62. The Labute approximate surface area is 224 Å². The molecule has 3 atom stereocenters. The Balaban J connectivity index is 1.56. The zero-order valence-corrected chi connectivity index (χ0v) is 22.5. The van der Waals surface area contributed by atoms with Gasteiger partial charge in [-0.15, -0.1) is 6.58 Å². The first-order valence-electron chi connectivity index (χ1n) is 13.7. The smallest absolute Gasteiger partial charge is 0.158 e. The average molecular weight is 500 g/mol. The maximum absolute atomic E-state index is 6.45. The van der Waals surface area contributed by atoms with Crippen molar-refractivity contribution in [3.63, 3.8) is 0 Å². The molecule has 5 aromatic rings. The highest BCUT2D eigenvalue weighted by atomic mass is 16.3. The Hall–Kier alpha value is -4.05. The van der Waals surface area contributed by atoms with E-state index in [0.29, 0.717) is 0 Å². The largest absolute Gasteiger partial charge is 0.456 e. The predicted octanol–water partition coefficient (Wildman–Crippen LogP) is 9.17. The summed E-state index contributed by atoms with van der Waals surface area (Å²) >= 11 is 0. The van der Waals surface area contributed by atoms with Crippen LogP contribution < -0.4 is 9.80 Å². The second kappa shape index (κ2) is 7.97. The van der Waals surface area contributed by atoms with Crippen molar-refractivity contribution < 1.29 is 4.42 Å². The Kier molecular flexibility index (Phi) is 4.85. The van der Waals surface area contributed by atoms with Crippen molar-refractivity contribution in [2.24, 2.45) is 5.41 Å². The Bertz CT molecular complexity index is 1730. The molecule has 4 nitrogen and oxygen atoms in total. The number of anilines is 4. The fourth-order valence-corrected chi connectivity index (χ4v) is 7.56. The number of hydrogen-bond acceptors (Lipinski definition) is 4. The molecule has 7 rings (SSSR count). The van der Waals surface area contributed by atoms with Gasteiger partial charge in [0.2, 0.25) is 0 Å². The van der Waals surface area contributed by atoms with Crippen LogP contribution in [0.3, 0.4) is 0 Å². The van der Waals surface area contributed by atoms with Crippen molar-refractivity contribution in [2.45, 2.75) is 52.1 Å². The fourth-order valence-electron chi connectivity index (χ4n) is 7.56. The van der Waals surface area contributed by atoms with E-state index >= 15 is 0 Å². The summed E-state index contributed by atoms with van der Waals surface area (Å²) in [6.45, 7) is 13.7. The third kappa shape index (κ3) is 2.63. The minimum absolute atomic E-state index is 0.0192. The van der Waals surface area contributed by atoms with Crippen LogP contribution in [0.4, 0.5) is 22.9 Å². The third-order valence-corrected chi connectivity index (χ3v) is 9.64. The number of furan rings is 1. The monoisotopic (exact) mass is 499 g/mol. The van der Waals surface area contributed by atoms with Gasteiger partial charge in [0.1, 0.15) is 17.3 Å². The Morgan fingerprint density at radius 3 is 2.42 bits per heavy atom. The van der Waals surface area contributed by atoms with Crippen LogP contribution in [-0.4, -0.2) is 11.1 Å². The summed E-state index contributed by atoms with van der Waals surface area (Å²) in [5.74, 6) is 0.988. The number of nitrogens with zero attached hydrogens (tertiary/aromatic N) is 3. The minimum atomic E-state index is -0.197. The summed E-state index contributed by atoms with van der Waals surface area (Å²) in [6.07, 6.45) is 6.11. The molecule has 0 saturated carbocycles. The van der Waals surface area contributed by atoms with Crippen molar-refractivity contribution in [3.8, 4) is 0 Å². The summed E-state index contributed by atoms with van der Waals surface area (Å²) in [6, 6.07) is 25.9. The zero-order chi connectivity index (χ0) is 26.2. The van der Waals surface area contributed by atoms with Crippen LogP contribution in [0.1, 0.15) is 44.7 Å². The van der Waals surface area contributed by atoms with Gasteiger partial charge in [-0.1, -0.05) is 63.2 Å². The zero-order valence-electron chi connectivity index (χ0n) is 22.5. The number of hydrogen-bond donors (Lipinski definition) is 0. The van der Waals surface area contributed by atoms with Gasteiger partial charge >= 0.3 is 0 Å². The van der Waals surface area contributed by atoms with Gasteiger partial charge in [-0.05, 0) is 61.7 Å². The van der Waals surface area contributed by atoms with Crippen molar-refractivity contribution in [1.29, 1.82) is 0 Å². The van der Waals surface area contributed by atoms with E-state index in [1.54, 1.807) is 0 Å². The molecule has 0 saturated heterocycles. The van der Waals surface area contributed by atoms with Crippen LogP contribution in [0, 0.1) is 12.3 Å². The number of aromatic nitrogens is 1. The van der Waals surface area contributed by atoms with E-state index in [4.69, 9.17) is 9.40 Å². The van der Waals surface area contributed by atoms with Gasteiger partial charge in [-0.3, -0.25) is 0 Å². The maximum atomic E-state index is 6.45. The van der Waals surface area contributed by atoms with E-state index in [1.807, 2.05) is 12.3 Å². The molecule has 0 bridgehead atoms. The topological polar surface area (TPSA) is 32.5 Å². The number of rotatable bonds is 4. The third-order valence-electron chi connectivity index (χ3n) is 9.64. The molecule has 190 valence electrons. The molecule has 4 heterocycles. The van der Waals surface area contributed by atoms with Gasteiger partial charge in [-0.2, -0.15) is 0 Å². The molecule has 0 radical (unpaired) electrons. The number of aryl methyl sites for hydroxylation is 1. The number of para-hydroxylation sites is 2. The second-order valence-corrected chi connectivity index (χ2v) is 11.0. The molecule has 0 fully saturated rings. The number of allylic oxidation sites excluding steroid dienone is 1. The van der Waals surface area contributed by atoms with E-state index in [0.717, 1.165) is 57.5 Å². The van der Waals surface area contributed by atoms with Gasteiger partial charge in [0.05, 0.1) is 11.4 Å². The summed E-state index contributed by atoms with van der Waals surface area (Å²) in [4.78, 5) is 10.0. The van der Waals surface area contributed by atoms with Crippen LogP contribution in [0.25, 0.3) is 21.9 Å². The molecule has 3 unspecified atom stereocenters. The maximum Gasteiger partial charge on any atom is 0.158 e. The van der Waals surface area contributed by atoms with Gasteiger partial charge < -0.3 is 14.2 Å². The van der Waals surface area contributed by atoms with E-state index in [1.165, 1.54) is 11.3 Å². The average Bonchev–Trinajstić information content (AvgIpc) is 3.51. The normalized spacial score (nSPS) is 23.9. The van der Waals surface area contributed by atoms with Crippen molar-refractivity contribution >= 4 is 44.8 Å². The van der Waals surface area contributed by atoms with Gasteiger partial charge in [0.15, 0.2) is 5.82 Å². The molecule has 0 amide bonds. The standard InChI is InChI=1S/C34H33N3O/c1-6-33(5)32-36(27-16-11-10-15-25(27)34(33,7-2)8-3)28-17-13-21-35-31(28)37(32)26-20-19-24-23-14-9-12-18-29(23)38-30(24)22(26)4/h7,9-21,32H,2,6,8H2,1,3-5H3. The summed E-state index contributed by atoms with van der Waals surface area (Å²) < 4.78 is 6.45. The van der Waals surface area contributed by atoms with Gasteiger partial charge in [0, 0.05) is 39.1 Å². The number of pyridine rings is 1. The lowest BCUT2D eigenvalue weighted by atomic mass is 9.54. The molecule has 0 N–H and O–H groups in total. The highest BCUT2D eigenvalue weighted by Gasteiger charge is 2.61. The fraction of sp³-hybridized carbons (Fsp3) is 0.265. The van der Waals surface area contributed by atoms with Crippen LogP contribution >= 0.6 is 0 Å². The molecule has 2 aliphatic heterocycles. The molecular formula is C34H33N3O. The summed E-state index contributed by atoms with van der Waals surface area (Å²) in [5, 5.41) is 2.31. The van der Waals surface area contributed by atoms with Gasteiger partial charge in [0.25, 0.3) is 0 Å². The SMILES string of the molecule is C=CC1(CC)c2ccccc2N2c3cccnc3N(c3ccc4c(oc5ccccc54)c3C)C2C1(C)CC. The van der Waals surface area contributed by atoms with Crippen LogP contribution in [0.15, 0.2) is 96.1 Å². The molecule has 3 aromatic carbocycles. The van der Waals surface area contributed by atoms with E-state index in [9.17, 15) is 0 Å². The minimum Gasteiger partial charge on any atom is -0.456 e. The van der Waals surface area contributed by atoms with Gasteiger partial charge in [-0.25, -0.2) is 4.98 Å². The van der Waals surface area contributed by atoms with E-state index in [2.05, 4.69) is 117 Å².